The maximum absolute atomic E-state index is 11.8. The first-order valence-electron chi connectivity index (χ1n) is 7.13. The van der Waals surface area contributed by atoms with E-state index in [-0.39, 0.29) is 5.92 Å². The van der Waals surface area contributed by atoms with E-state index < -0.39 is 11.0 Å². The molecule has 22 heavy (non-hydrogen) atoms. The largest absolute Gasteiger partial charge is 0.263 e. The van der Waals surface area contributed by atoms with Gasteiger partial charge in [0.1, 0.15) is 11.0 Å². The minimum absolute atomic E-state index is 0.278. The molecule has 1 aromatic carbocycles. The number of rotatable bonds is 4. The van der Waals surface area contributed by atoms with Crippen LogP contribution in [0.3, 0.4) is 0 Å². The summed E-state index contributed by atoms with van der Waals surface area (Å²) < 4.78 is 13.4. The summed E-state index contributed by atoms with van der Waals surface area (Å²) in [5, 5.41) is 1.13. The Morgan fingerprint density at radius 2 is 1.77 bits per heavy atom. The van der Waals surface area contributed by atoms with Crippen molar-refractivity contribution >= 4 is 31.5 Å². The molecule has 6 heteroatoms. The molecule has 0 aliphatic rings. The van der Waals surface area contributed by atoms with Gasteiger partial charge in [-0.25, -0.2) is 14.2 Å². The van der Waals surface area contributed by atoms with Crippen molar-refractivity contribution in [1.29, 1.82) is 0 Å². The fourth-order valence-electron chi connectivity index (χ4n) is 2.26. The Bertz CT molecular complexity index is 701. The molecule has 0 saturated carbocycles. The zero-order chi connectivity index (χ0) is 16.4. The zero-order valence-electron chi connectivity index (χ0n) is 13.6. The third-order valence-corrected chi connectivity index (χ3v) is 4.89. The minimum Gasteiger partial charge on any atom is -0.263 e. The van der Waals surface area contributed by atoms with Gasteiger partial charge in [0, 0.05) is 18.9 Å². The molecule has 2 atom stereocenters. The normalized spacial score (nSPS) is 12.5. The van der Waals surface area contributed by atoms with Gasteiger partial charge in [0.25, 0.3) is 0 Å². The van der Waals surface area contributed by atoms with Crippen LogP contribution in [0.15, 0.2) is 24.3 Å². The standard InChI is InChI=1S/C16H22N3OPS/c1-10(2)14-11(3)15(12-6-8-13(21)9-7-12)18-16(17-14)19(4)22(5)20/h6-10H,21H2,1-5H3. The Labute approximate surface area is 137 Å². The number of aromatic nitrogens is 2. The Kier molecular flexibility index (Phi) is 5.30. The molecular weight excluding hydrogens is 313 g/mol. The maximum atomic E-state index is 11.8. The molecule has 0 radical (unpaired) electrons. The van der Waals surface area contributed by atoms with Crippen molar-refractivity contribution in [2.45, 2.75) is 26.7 Å². The molecule has 0 aliphatic carbocycles. The number of nitrogens with zero attached hydrogens (tertiary/aromatic N) is 3. The quantitative estimate of drug-likeness (QED) is 0.807. The summed E-state index contributed by atoms with van der Waals surface area (Å²) in [6.07, 6.45) is 1.63. The van der Waals surface area contributed by atoms with Crippen LogP contribution in [0.4, 0.5) is 5.95 Å². The van der Waals surface area contributed by atoms with Gasteiger partial charge in [-0.1, -0.05) is 38.1 Å². The van der Waals surface area contributed by atoms with E-state index >= 15 is 0 Å². The van der Waals surface area contributed by atoms with Gasteiger partial charge in [-0.05, 0) is 23.7 Å². The molecule has 0 fully saturated rings. The highest BCUT2D eigenvalue weighted by Crippen LogP contribution is 2.28. The summed E-state index contributed by atoms with van der Waals surface area (Å²) in [6.45, 7) is 6.27. The lowest BCUT2D eigenvalue weighted by Gasteiger charge is -2.19. The number of hydrogen-bond donors (Lipinski definition) is 0. The molecule has 1 aromatic heterocycles. The van der Waals surface area contributed by atoms with Crippen molar-refractivity contribution in [3.8, 4) is 11.3 Å². The van der Waals surface area contributed by atoms with Crippen molar-refractivity contribution in [2.75, 3.05) is 17.6 Å². The molecule has 4 nitrogen and oxygen atoms in total. The molecule has 2 unspecified atom stereocenters. The van der Waals surface area contributed by atoms with Crippen LogP contribution in [0.2, 0.25) is 0 Å². The summed E-state index contributed by atoms with van der Waals surface area (Å²) in [6, 6.07) is 8.18. The number of hydrogen-bond acceptors (Lipinski definition) is 3. The van der Waals surface area contributed by atoms with E-state index in [0.717, 1.165) is 27.8 Å². The highest BCUT2D eigenvalue weighted by molar-refractivity contribution is 7.85. The molecule has 0 amide bonds. The lowest BCUT2D eigenvalue weighted by atomic mass is 10.00. The van der Waals surface area contributed by atoms with E-state index in [0.29, 0.717) is 5.95 Å². The first-order chi connectivity index (χ1) is 10.3. The van der Waals surface area contributed by atoms with Gasteiger partial charge in [0.15, 0.2) is 0 Å². The smallest absolute Gasteiger partial charge is 0.237 e. The van der Waals surface area contributed by atoms with Crippen LogP contribution in [0.1, 0.15) is 31.0 Å². The lowest BCUT2D eigenvalue weighted by molar-refractivity contribution is 0.684. The summed E-state index contributed by atoms with van der Waals surface area (Å²) in [7, 11) is 3.28. The highest BCUT2D eigenvalue weighted by Gasteiger charge is 2.18. The summed E-state index contributed by atoms with van der Waals surface area (Å²) in [5.41, 5.74) is 4.01. The van der Waals surface area contributed by atoms with E-state index in [4.69, 9.17) is 0 Å². The molecular formula is C16H22N3OPS. The SMILES string of the molecule is Cc1c(-c2ccc(P)cc2)nc(N(C)S(C)=O)nc1C(C)C. The zero-order valence-corrected chi connectivity index (χ0v) is 15.6. The predicted octanol–water partition coefficient (Wildman–Crippen LogP) is 2.81. The molecule has 2 rings (SSSR count). The van der Waals surface area contributed by atoms with Crippen molar-refractivity contribution in [1.82, 2.24) is 9.97 Å². The molecule has 1 heterocycles. The fraction of sp³-hybridized carbons (Fsp3) is 0.375. The van der Waals surface area contributed by atoms with Crippen LogP contribution in [0, 0.1) is 6.92 Å². The topological polar surface area (TPSA) is 46.1 Å². The third kappa shape index (κ3) is 3.53. The Morgan fingerprint density at radius 1 is 1.18 bits per heavy atom. The van der Waals surface area contributed by atoms with Crippen LogP contribution in [0.25, 0.3) is 11.3 Å². The summed E-state index contributed by atoms with van der Waals surface area (Å²) >= 11 is 0. The minimum atomic E-state index is -1.15. The fourth-order valence-corrected chi connectivity index (χ4v) is 2.77. The van der Waals surface area contributed by atoms with E-state index in [9.17, 15) is 4.21 Å². The first-order valence-corrected chi connectivity index (χ1v) is 9.22. The second-order valence-electron chi connectivity index (χ2n) is 5.58. The van der Waals surface area contributed by atoms with E-state index in [1.54, 1.807) is 17.6 Å². The van der Waals surface area contributed by atoms with Crippen LogP contribution in [-0.4, -0.2) is 27.5 Å². The molecule has 118 valence electrons. The Balaban J connectivity index is 2.66. The monoisotopic (exact) mass is 335 g/mol. The maximum Gasteiger partial charge on any atom is 0.237 e. The van der Waals surface area contributed by atoms with E-state index in [1.165, 1.54) is 0 Å². The molecule has 0 N–H and O–H groups in total. The summed E-state index contributed by atoms with van der Waals surface area (Å²) in [5.74, 6) is 0.778. The highest BCUT2D eigenvalue weighted by atomic mass is 32.2. The van der Waals surface area contributed by atoms with Gasteiger partial charge in [0.05, 0.1) is 11.4 Å². The first kappa shape index (κ1) is 17.0. The average Bonchev–Trinajstić information content (AvgIpc) is 2.47. The van der Waals surface area contributed by atoms with Gasteiger partial charge in [-0.2, -0.15) is 0 Å². The number of benzene rings is 1. The predicted molar refractivity (Wildman–Crippen MR) is 98.1 cm³/mol. The Morgan fingerprint density at radius 3 is 2.27 bits per heavy atom. The molecule has 0 bridgehead atoms. The molecule has 0 aliphatic heterocycles. The second kappa shape index (κ2) is 6.84. The number of anilines is 1. The van der Waals surface area contributed by atoms with Crippen molar-refractivity contribution in [3.05, 3.63) is 35.5 Å². The lowest BCUT2D eigenvalue weighted by Crippen LogP contribution is -2.22. The van der Waals surface area contributed by atoms with Crippen molar-refractivity contribution in [2.24, 2.45) is 0 Å². The Hall–Kier alpha value is -1.32. The van der Waals surface area contributed by atoms with Crippen LogP contribution < -0.4 is 9.61 Å². The summed E-state index contributed by atoms with van der Waals surface area (Å²) in [4.78, 5) is 9.27. The average molecular weight is 335 g/mol. The molecule has 2 aromatic rings. The van der Waals surface area contributed by atoms with Crippen molar-refractivity contribution in [3.63, 3.8) is 0 Å². The molecule has 0 spiro atoms. The van der Waals surface area contributed by atoms with Crippen molar-refractivity contribution < 1.29 is 4.21 Å². The second-order valence-corrected chi connectivity index (χ2v) is 7.64. The van der Waals surface area contributed by atoms with Crippen LogP contribution in [-0.2, 0) is 11.0 Å². The van der Waals surface area contributed by atoms with Gasteiger partial charge in [0.2, 0.25) is 5.95 Å². The van der Waals surface area contributed by atoms with E-state index in [2.05, 4.69) is 45.2 Å². The van der Waals surface area contributed by atoms with Gasteiger partial charge in [-0.15, -0.1) is 9.24 Å². The van der Waals surface area contributed by atoms with Gasteiger partial charge >= 0.3 is 0 Å². The molecule has 0 saturated heterocycles. The van der Waals surface area contributed by atoms with E-state index in [1.807, 2.05) is 19.1 Å². The van der Waals surface area contributed by atoms with Crippen LogP contribution >= 0.6 is 9.24 Å². The van der Waals surface area contributed by atoms with Crippen LogP contribution in [0.5, 0.6) is 0 Å². The third-order valence-electron chi connectivity index (χ3n) is 3.57. The van der Waals surface area contributed by atoms with Gasteiger partial charge in [-0.3, -0.25) is 4.31 Å². The van der Waals surface area contributed by atoms with Gasteiger partial charge < -0.3 is 0 Å².